The van der Waals surface area contributed by atoms with Crippen molar-refractivity contribution in [3.05, 3.63) is 77.1 Å². The van der Waals surface area contributed by atoms with Crippen molar-refractivity contribution in [2.45, 2.75) is 12.5 Å². The van der Waals surface area contributed by atoms with Crippen LogP contribution in [0.3, 0.4) is 0 Å². The molecule has 170 valence electrons. The maximum atomic E-state index is 12.6. The van der Waals surface area contributed by atoms with E-state index in [0.29, 0.717) is 5.69 Å². The lowest BCUT2D eigenvalue weighted by atomic mass is 9.98. The number of carboxylic acid groups (broad SMARTS) is 1. The third kappa shape index (κ3) is 4.43. The molecule has 0 saturated carbocycles. The number of carbonyl (C=O) groups is 3. The van der Waals surface area contributed by atoms with E-state index in [1.54, 1.807) is 7.05 Å². The van der Waals surface area contributed by atoms with Crippen molar-refractivity contribution < 1.29 is 24.2 Å². The molecule has 2 amide bonds. The van der Waals surface area contributed by atoms with Gasteiger partial charge in [-0.05, 0) is 22.3 Å². The second kappa shape index (κ2) is 9.15. The molecule has 1 heterocycles. The fraction of sp³-hybridized carbons (Fsp3) is 0.250. The van der Waals surface area contributed by atoms with Crippen LogP contribution in [0.25, 0.3) is 11.1 Å². The smallest absolute Gasteiger partial charge is 0.407 e. The van der Waals surface area contributed by atoms with E-state index in [1.807, 2.05) is 36.4 Å². The molecule has 1 aliphatic carbocycles. The van der Waals surface area contributed by atoms with E-state index in [1.165, 1.54) is 17.9 Å². The van der Waals surface area contributed by atoms with Crippen LogP contribution in [0.5, 0.6) is 0 Å². The highest BCUT2D eigenvalue weighted by Crippen LogP contribution is 2.44. The van der Waals surface area contributed by atoms with Gasteiger partial charge in [-0.1, -0.05) is 48.5 Å². The number of aliphatic carboxylic acids is 1. The van der Waals surface area contributed by atoms with Crippen molar-refractivity contribution in [2.24, 2.45) is 7.05 Å². The Morgan fingerprint density at radius 2 is 1.70 bits per heavy atom. The van der Waals surface area contributed by atoms with Gasteiger partial charge in [-0.2, -0.15) is 5.10 Å². The topological polar surface area (TPSA) is 114 Å². The largest absolute Gasteiger partial charge is 0.480 e. The summed E-state index contributed by atoms with van der Waals surface area (Å²) in [6.45, 7) is -0.249. The summed E-state index contributed by atoms with van der Waals surface area (Å²) in [4.78, 5) is 37.0. The van der Waals surface area contributed by atoms with Crippen LogP contribution >= 0.6 is 0 Å². The van der Waals surface area contributed by atoms with Gasteiger partial charge in [0.15, 0.2) is 0 Å². The van der Waals surface area contributed by atoms with Crippen LogP contribution in [0.1, 0.15) is 33.1 Å². The van der Waals surface area contributed by atoms with Gasteiger partial charge in [0.25, 0.3) is 5.91 Å². The number of hydrogen-bond donors (Lipinski definition) is 2. The SMILES string of the molecule is CN(CC(=O)O)C(=O)c1cnn(C)c1CNC(=O)OCC1c2ccccc2-c2ccccc21. The van der Waals surface area contributed by atoms with E-state index < -0.39 is 24.5 Å². The number of rotatable bonds is 7. The molecule has 9 nitrogen and oxygen atoms in total. The van der Waals surface area contributed by atoms with Crippen molar-refractivity contribution >= 4 is 18.0 Å². The molecule has 2 aromatic carbocycles. The lowest BCUT2D eigenvalue weighted by Crippen LogP contribution is -2.33. The Morgan fingerprint density at radius 1 is 1.09 bits per heavy atom. The maximum absolute atomic E-state index is 12.6. The highest BCUT2D eigenvalue weighted by atomic mass is 16.5. The van der Waals surface area contributed by atoms with E-state index in [0.717, 1.165) is 27.2 Å². The number of likely N-dealkylation sites (N-methyl/N-ethyl adjacent to an activating group) is 1. The third-order valence-corrected chi connectivity index (χ3v) is 5.75. The van der Waals surface area contributed by atoms with Crippen LogP contribution in [0.4, 0.5) is 4.79 Å². The van der Waals surface area contributed by atoms with Gasteiger partial charge in [0, 0.05) is 20.0 Å². The molecular weight excluding hydrogens is 424 g/mol. The number of nitrogens with zero attached hydrogens (tertiary/aromatic N) is 3. The fourth-order valence-electron chi connectivity index (χ4n) is 4.14. The molecule has 0 saturated heterocycles. The molecule has 0 aliphatic heterocycles. The van der Waals surface area contributed by atoms with Gasteiger partial charge < -0.3 is 20.1 Å². The number of benzene rings is 2. The highest BCUT2D eigenvalue weighted by Gasteiger charge is 2.29. The summed E-state index contributed by atoms with van der Waals surface area (Å²) >= 11 is 0. The predicted molar refractivity (Wildman–Crippen MR) is 120 cm³/mol. The van der Waals surface area contributed by atoms with Crippen LogP contribution in [0, 0.1) is 0 Å². The van der Waals surface area contributed by atoms with Crippen LogP contribution < -0.4 is 5.32 Å². The zero-order valence-electron chi connectivity index (χ0n) is 18.3. The first kappa shape index (κ1) is 22.1. The minimum Gasteiger partial charge on any atom is -0.480 e. The Morgan fingerprint density at radius 3 is 2.30 bits per heavy atom. The number of fused-ring (bicyclic) bond motifs is 3. The molecule has 0 atom stereocenters. The van der Waals surface area contributed by atoms with Gasteiger partial charge in [-0.25, -0.2) is 4.79 Å². The Kier molecular flexibility index (Phi) is 6.12. The van der Waals surface area contributed by atoms with Crippen molar-refractivity contribution in [1.29, 1.82) is 0 Å². The molecule has 4 rings (SSSR count). The maximum Gasteiger partial charge on any atom is 0.407 e. The van der Waals surface area contributed by atoms with Crippen molar-refractivity contribution in [3.63, 3.8) is 0 Å². The van der Waals surface area contributed by atoms with Gasteiger partial charge in [-0.15, -0.1) is 0 Å². The first-order valence-corrected chi connectivity index (χ1v) is 10.4. The molecule has 2 N–H and O–H groups in total. The molecular formula is C24H24N4O5. The highest BCUT2D eigenvalue weighted by molar-refractivity contribution is 5.96. The van der Waals surface area contributed by atoms with Gasteiger partial charge in [-0.3, -0.25) is 14.3 Å². The lowest BCUT2D eigenvalue weighted by Gasteiger charge is -2.16. The Hall–Kier alpha value is -4.14. The minimum atomic E-state index is -1.12. The van der Waals surface area contributed by atoms with Gasteiger partial charge in [0.2, 0.25) is 0 Å². The molecule has 0 radical (unpaired) electrons. The predicted octanol–water partition coefficient (Wildman–Crippen LogP) is 2.62. The normalized spacial score (nSPS) is 12.1. The summed E-state index contributed by atoms with van der Waals surface area (Å²) in [7, 11) is 3.04. The number of aromatic nitrogens is 2. The molecule has 0 spiro atoms. The van der Waals surface area contributed by atoms with Crippen molar-refractivity contribution in [1.82, 2.24) is 20.0 Å². The van der Waals surface area contributed by atoms with Crippen LogP contribution in [-0.2, 0) is 23.1 Å². The summed E-state index contributed by atoms with van der Waals surface area (Å²) in [5.41, 5.74) is 5.20. The van der Waals surface area contributed by atoms with Crippen LogP contribution in [0.2, 0.25) is 0 Å². The average Bonchev–Trinajstić information content (AvgIpc) is 3.33. The number of aryl methyl sites for hydroxylation is 1. The monoisotopic (exact) mass is 448 g/mol. The molecule has 33 heavy (non-hydrogen) atoms. The lowest BCUT2D eigenvalue weighted by molar-refractivity contribution is -0.137. The zero-order chi connectivity index (χ0) is 23.5. The second-order valence-corrected chi connectivity index (χ2v) is 7.86. The molecule has 1 aromatic heterocycles. The Bertz CT molecular complexity index is 1170. The average molecular weight is 448 g/mol. The van der Waals surface area contributed by atoms with Crippen molar-refractivity contribution in [2.75, 3.05) is 20.2 Å². The summed E-state index contributed by atoms with van der Waals surface area (Å²) in [6.07, 6.45) is 0.741. The third-order valence-electron chi connectivity index (χ3n) is 5.75. The Balaban J connectivity index is 1.40. The number of nitrogens with one attached hydrogen (secondary N) is 1. The number of amides is 2. The molecule has 0 bridgehead atoms. The second-order valence-electron chi connectivity index (χ2n) is 7.86. The quantitative estimate of drug-likeness (QED) is 0.574. The van der Waals surface area contributed by atoms with Gasteiger partial charge in [0.1, 0.15) is 13.2 Å². The van der Waals surface area contributed by atoms with E-state index >= 15 is 0 Å². The zero-order valence-corrected chi connectivity index (χ0v) is 18.3. The molecule has 3 aromatic rings. The summed E-state index contributed by atoms with van der Waals surface area (Å²) in [6, 6.07) is 16.1. The molecule has 1 aliphatic rings. The number of carboxylic acids is 1. The summed E-state index contributed by atoms with van der Waals surface area (Å²) < 4.78 is 6.99. The van der Waals surface area contributed by atoms with Crippen LogP contribution in [0.15, 0.2) is 54.7 Å². The molecule has 9 heteroatoms. The summed E-state index contributed by atoms with van der Waals surface area (Å²) in [5, 5.41) is 15.6. The first-order chi connectivity index (χ1) is 15.9. The van der Waals surface area contributed by atoms with E-state index in [4.69, 9.17) is 9.84 Å². The number of hydrogen-bond acceptors (Lipinski definition) is 5. The van der Waals surface area contributed by atoms with Gasteiger partial charge >= 0.3 is 12.1 Å². The first-order valence-electron chi connectivity index (χ1n) is 10.4. The number of alkyl carbamates (subject to hydrolysis) is 1. The van der Waals surface area contributed by atoms with E-state index in [-0.39, 0.29) is 24.6 Å². The Labute approximate surface area is 190 Å². The van der Waals surface area contributed by atoms with E-state index in [9.17, 15) is 14.4 Å². The van der Waals surface area contributed by atoms with Crippen molar-refractivity contribution in [3.8, 4) is 11.1 Å². The van der Waals surface area contributed by atoms with Gasteiger partial charge in [0.05, 0.1) is 24.0 Å². The van der Waals surface area contributed by atoms with E-state index in [2.05, 4.69) is 22.5 Å². The van der Waals surface area contributed by atoms with Crippen LogP contribution in [-0.4, -0.2) is 58.0 Å². The summed E-state index contributed by atoms with van der Waals surface area (Å²) in [5.74, 6) is -1.66. The fourth-order valence-corrected chi connectivity index (χ4v) is 4.14. The molecule has 0 unspecified atom stereocenters. The number of ether oxygens (including phenoxy) is 1. The molecule has 0 fully saturated rings. The number of carbonyl (C=O) groups excluding carboxylic acids is 2. The standard InChI is InChI=1S/C24H24N4O5/c1-27(13-22(29)30)23(31)19-11-26-28(2)21(19)12-25-24(32)33-14-20-17-9-5-3-7-15(17)16-8-4-6-10-18(16)20/h3-11,20H,12-14H2,1-2H3,(H,25,32)(H,29,30). The minimum absolute atomic E-state index is 0.00909.